The zero-order chi connectivity index (χ0) is 10.6. The van der Waals surface area contributed by atoms with Crippen molar-refractivity contribution < 1.29 is 9.18 Å². The molecule has 0 radical (unpaired) electrons. The van der Waals surface area contributed by atoms with Crippen molar-refractivity contribution in [2.75, 3.05) is 26.7 Å². The summed E-state index contributed by atoms with van der Waals surface area (Å²) in [5.74, 6) is 0.353. The van der Waals surface area contributed by atoms with Gasteiger partial charge in [-0.05, 0) is 32.2 Å². The van der Waals surface area contributed by atoms with Gasteiger partial charge < -0.3 is 9.80 Å². The number of halogens is 1. The molecule has 1 amide bonds. The smallest absolute Gasteiger partial charge is 0.260 e. The number of likely N-dealkylation sites (N-methyl/N-ethyl adjacent to an activating group) is 1. The monoisotopic (exact) mass is 212 g/mol. The molecule has 3 nitrogen and oxygen atoms in total. The molecule has 4 heteroatoms. The Morgan fingerprint density at radius 2 is 2.13 bits per heavy atom. The highest BCUT2D eigenvalue weighted by molar-refractivity contribution is 5.88. The van der Waals surface area contributed by atoms with Gasteiger partial charge in [0, 0.05) is 25.7 Å². The molecule has 84 valence electrons. The van der Waals surface area contributed by atoms with Gasteiger partial charge in [-0.25, -0.2) is 4.39 Å². The standard InChI is InChI=1S/C11H17FN2O/c1-13-6-8-2-5-14(9(8)7-13)10(15)11(12)3-4-11/h8-9H,2-7H2,1H3/t8-,9+/m0/s1. The van der Waals surface area contributed by atoms with Crippen molar-refractivity contribution in [3.63, 3.8) is 0 Å². The molecule has 3 fully saturated rings. The number of carbonyl (C=O) groups excluding carboxylic acids is 1. The third kappa shape index (κ3) is 1.38. The third-order valence-electron chi connectivity index (χ3n) is 4.06. The highest BCUT2D eigenvalue weighted by Crippen LogP contribution is 2.44. The molecule has 2 atom stereocenters. The van der Waals surface area contributed by atoms with Crippen molar-refractivity contribution in [3.8, 4) is 0 Å². The van der Waals surface area contributed by atoms with Crippen LogP contribution in [0.5, 0.6) is 0 Å². The number of fused-ring (bicyclic) bond motifs is 1. The second-order valence-corrected chi connectivity index (χ2v) is 5.30. The Labute approximate surface area is 89.2 Å². The molecule has 3 rings (SSSR count). The van der Waals surface area contributed by atoms with Crippen molar-refractivity contribution >= 4 is 5.91 Å². The van der Waals surface area contributed by atoms with Gasteiger partial charge in [-0.1, -0.05) is 0 Å². The van der Waals surface area contributed by atoms with Crippen molar-refractivity contribution in [1.29, 1.82) is 0 Å². The van der Waals surface area contributed by atoms with Crippen LogP contribution in [0.3, 0.4) is 0 Å². The minimum atomic E-state index is -1.48. The van der Waals surface area contributed by atoms with Gasteiger partial charge in [0.2, 0.25) is 0 Å². The molecule has 2 saturated heterocycles. The van der Waals surface area contributed by atoms with Crippen LogP contribution in [0.2, 0.25) is 0 Å². The summed E-state index contributed by atoms with van der Waals surface area (Å²) >= 11 is 0. The molecule has 0 aromatic heterocycles. The summed E-state index contributed by atoms with van der Waals surface area (Å²) in [5, 5.41) is 0. The van der Waals surface area contributed by atoms with Crippen LogP contribution >= 0.6 is 0 Å². The fourth-order valence-electron chi connectivity index (χ4n) is 3.01. The van der Waals surface area contributed by atoms with Crippen molar-refractivity contribution in [2.45, 2.75) is 31.0 Å². The molecule has 1 saturated carbocycles. The van der Waals surface area contributed by atoms with Crippen LogP contribution in [0.25, 0.3) is 0 Å². The van der Waals surface area contributed by atoms with E-state index in [1.165, 1.54) is 0 Å². The molecule has 0 unspecified atom stereocenters. The fraction of sp³-hybridized carbons (Fsp3) is 0.909. The normalized spacial score (nSPS) is 38.1. The van der Waals surface area contributed by atoms with Gasteiger partial charge in [0.15, 0.2) is 5.67 Å². The van der Waals surface area contributed by atoms with Gasteiger partial charge in [0.05, 0.1) is 0 Å². The fourth-order valence-corrected chi connectivity index (χ4v) is 3.01. The van der Waals surface area contributed by atoms with E-state index in [0.717, 1.165) is 26.1 Å². The number of nitrogens with zero attached hydrogens (tertiary/aromatic N) is 2. The van der Waals surface area contributed by atoms with Crippen LogP contribution in [0.4, 0.5) is 4.39 Å². The lowest BCUT2D eigenvalue weighted by atomic mass is 10.1. The second-order valence-electron chi connectivity index (χ2n) is 5.30. The summed E-state index contributed by atoms with van der Waals surface area (Å²) in [4.78, 5) is 16.0. The molecule has 3 aliphatic rings. The highest BCUT2D eigenvalue weighted by Gasteiger charge is 2.56. The maximum absolute atomic E-state index is 13.7. The zero-order valence-corrected chi connectivity index (χ0v) is 9.08. The maximum atomic E-state index is 13.7. The Kier molecular flexibility index (Phi) is 1.88. The van der Waals surface area contributed by atoms with Crippen molar-refractivity contribution in [2.24, 2.45) is 5.92 Å². The van der Waals surface area contributed by atoms with E-state index in [1.54, 1.807) is 4.90 Å². The summed E-state index contributed by atoms with van der Waals surface area (Å²) in [7, 11) is 2.07. The molecule has 0 N–H and O–H groups in total. The van der Waals surface area contributed by atoms with Crippen molar-refractivity contribution in [3.05, 3.63) is 0 Å². The van der Waals surface area contributed by atoms with Crippen LogP contribution in [0.15, 0.2) is 0 Å². The second kappa shape index (κ2) is 2.94. The van der Waals surface area contributed by atoms with E-state index in [4.69, 9.17) is 0 Å². The first-order chi connectivity index (χ1) is 7.10. The maximum Gasteiger partial charge on any atom is 0.260 e. The Balaban J connectivity index is 1.75. The summed E-state index contributed by atoms with van der Waals surface area (Å²) in [6.07, 6.45) is 1.93. The molecule has 0 aromatic carbocycles. The van der Waals surface area contributed by atoms with Crippen LogP contribution < -0.4 is 0 Å². The highest BCUT2D eigenvalue weighted by atomic mass is 19.1. The lowest BCUT2D eigenvalue weighted by molar-refractivity contribution is -0.139. The summed E-state index contributed by atoms with van der Waals surface area (Å²) < 4.78 is 13.7. The average molecular weight is 212 g/mol. The quantitative estimate of drug-likeness (QED) is 0.637. The van der Waals surface area contributed by atoms with E-state index in [9.17, 15) is 9.18 Å². The van der Waals surface area contributed by atoms with Gasteiger partial charge in [0.1, 0.15) is 0 Å². The molecule has 1 aliphatic carbocycles. The Morgan fingerprint density at radius 3 is 2.80 bits per heavy atom. The topological polar surface area (TPSA) is 23.6 Å². The Hall–Kier alpha value is -0.640. The average Bonchev–Trinajstić information content (AvgIpc) is 2.66. The first-order valence-electron chi connectivity index (χ1n) is 5.79. The van der Waals surface area contributed by atoms with Gasteiger partial charge in [-0.3, -0.25) is 4.79 Å². The minimum Gasteiger partial charge on any atom is -0.335 e. The predicted octanol–water partition coefficient (Wildman–Crippen LogP) is 0.651. The molecule has 0 spiro atoms. The lowest BCUT2D eigenvalue weighted by Gasteiger charge is -2.25. The van der Waals surface area contributed by atoms with Crippen LogP contribution in [-0.4, -0.2) is 54.1 Å². The molecular formula is C11H17FN2O. The third-order valence-corrected chi connectivity index (χ3v) is 4.06. The number of carbonyl (C=O) groups is 1. The van der Waals surface area contributed by atoms with E-state index >= 15 is 0 Å². The van der Waals surface area contributed by atoms with Crippen LogP contribution in [-0.2, 0) is 4.79 Å². The first kappa shape index (κ1) is 9.58. The number of hydrogen-bond acceptors (Lipinski definition) is 2. The van der Waals surface area contributed by atoms with E-state index in [0.29, 0.717) is 18.8 Å². The molecule has 0 bridgehead atoms. The molecular weight excluding hydrogens is 195 g/mol. The number of likely N-dealkylation sites (tertiary alicyclic amines) is 2. The molecule has 2 aliphatic heterocycles. The van der Waals surface area contributed by atoms with Gasteiger partial charge in [-0.15, -0.1) is 0 Å². The number of amides is 1. The van der Waals surface area contributed by atoms with E-state index in [-0.39, 0.29) is 11.9 Å². The zero-order valence-electron chi connectivity index (χ0n) is 9.08. The lowest BCUT2D eigenvalue weighted by Crippen LogP contribution is -2.44. The Bertz CT molecular complexity index is 303. The van der Waals surface area contributed by atoms with Crippen molar-refractivity contribution in [1.82, 2.24) is 9.80 Å². The van der Waals surface area contributed by atoms with Crippen LogP contribution in [0.1, 0.15) is 19.3 Å². The first-order valence-corrected chi connectivity index (χ1v) is 5.79. The Morgan fingerprint density at radius 1 is 1.40 bits per heavy atom. The molecule has 0 aromatic rings. The number of hydrogen-bond donors (Lipinski definition) is 0. The minimum absolute atomic E-state index is 0.231. The number of alkyl halides is 1. The summed E-state index contributed by atoms with van der Waals surface area (Å²) in [5.41, 5.74) is -1.48. The summed E-state index contributed by atoms with van der Waals surface area (Å²) in [6, 6.07) is 0.288. The molecule has 2 heterocycles. The van der Waals surface area contributed by atoms with Gasteiger partial charge >= 0.3 is 0 Å². The van der Waals surface area contributed by atoms with Gasteiger partial charge in [0.25, 0.3) is 5.91 Å². The number of rotatable bonds is 1. The van der Waals surface area contributed by atoms with Gasteiger partial charge in [-0.2, -0.15) is 0 Å². The summed E-state index contributed by atoms with van der Waals surface area (Å²) in [6.45, 7) is 2.76. The van der Waals surface area contributed by atoms with E-state index < -0.39 is 5.67 Å². The SMILES string of the molecule is CN1C[C@@H]2CCN(C(=O)C3(F)CC3)[C@@H]2C1. The predicted molar refractivity (Wildman–Crippen MR) is 54.2 cm³/mol. The largest absolute Gasteiger partial charge is 0.335 e. The molecule has 15 heavy (non-hydrogen) atoms. The van der Waals surface area contributed by atoms with E-state index in [1.807, 2.05) is 0 Å². The van der Waals surface area contributed by atoms with E-state index in [2.05, 4.69) is 11.9 Å². The van der Waals surface area contributed by atoms with Crippen LogP contribution in [0, 0.1) is 5.92 Å².